The quantitative estimate of drug-likeness (QED) is 0.865. The summed E-state index contributed by atoms with van der Waals surface area (Å²) in [5, 5.41) is 2.91. The first-order chi connectivity index (χ1) is 11.1. The van der Waals surface area contributed by atoms with Crippen molar-refractivity contribution in [3.63, 3.8) is 0 Å². The fourth-order valence-electron chi connectivity index (χ4n) is 3.14. The van der Waals surface area contributed by atoms with E-state index >= 15 is 0 Å². The Kier molecular flexibility index (Phi) is 6.60. The highest BCUT2D eigenvalue weighted by Crippen LogP contribution is 2.25. The highest BCUT2D eigenvalue weighted by atomic mass is 35.5. The third-order valence-corrected chi connectivity index (χ3v) is 4.54. The average Bonchev–Trinajstić information content (AvgIpc) is 3.02. The number of carbonyl (C=O) groups is 2. The molecular formula is C17H24ClN3O3. The molecule has 3 N–H and O–H groups in total. The van der Waals surface area contributed by atoms with E-state index in [4.69, 9.17) is 10.5 Å². The molecule has 0 bridgehead atoms. The number of anilines is 1. The van der Waals surface area contributed by atoms with Crippen molar-refractivity contribution in [3.8, 4) is 0 Å². The Morgan fingerprint density at radius 1 is 1.12 bits per heavy atom. The van der Waals surface area contributed by atoms with Gasteiger partial charge in [-0.3, -0.25) is 9.59 Å². The number of nitrogens with two attached hydrogens (primary N) is 1. The van der Waals surface area contributed by atoms with E-state index in [9.17, 15) is 9.59 Å². The van der Waals surface area contributed by atoms with Crippen LogP contribution in [0.5, 0.6) is 0 Å². The fourth-order valence-corrected chi connectivity index (χ4v) is 3.14. The normalized spacial score (nSPS) is 23.5. The van der Waals surface area contributed by atoms with Crippen molar-refractivity contribution in [2.75, 3.05) is 31.6 Å². The smallest absolute Gasteiger partial charge is 0.254 e. The minimum Gasteiger partial charge on any atom is -0.378 e. The molecule has 1 aliphatic heterocycles. The number of nitrogens with zero attached hydrogens (tertiary/aromatic N) is 1. The van der Waals surface area contributed by atoms with Crippen LogP contribution >= 0.6 is 12.4 Å². The van der Waals surface area contributed by atoms with E-state index in [-0.39, 0.29) is 36.2 Å². The summed E-state index contributed by atoms with van der Waals surface area (Å²) >= 11 is 0. The van der Waals surface area contributed by atoms with Crippen LogP contribution in [0.1, 0.15) is 29.6 Å². The number of amides is 2. The lowest BCUT2D eigenvalue weighted by Crippen LogP contribution is -2.40. The second kappa shape index (κ2) is 8.46. The molecule has 7 heteroatoms. The van der Waals surface area contributed by atoms with Crippen molar-refractivity contribution in [3.05, 3.63) is 29.8 Å². The molecule has 3 rings (SSSR count). The predicted octanol–water partition coefficient (Wildman–Crippen LogP) is 1.65. The van der Waals surface area contributed by atoms with Gasteiger partial charge in [0, 0.05) is 36.3 Å². The SMILES string of the molecule is Cl.NC1CCC(C(=O)Nc2ccc(C(=O)N3CCOCC3)cc2)C1. The zero-order valence-electron chi connectivity index (χ0n) is 13.6. The summed E-state index contributed by atoms with van der Waals surface area (Å²) in [6.45, 7) is 2.42. The highest BCUT2D eigenvalue weighted by molar-refractivity contribution is 5.96. The molecule has 1 aliphatic carbocycles. The van der Waals surface area contributed by atoms with E-state index in [1.54, 1.807) is 29.2 Å². The van der Waals surface area contributed by atoms with Gasteiger partial charge >= 0.3 is 0 Å². The molecule has 2 unspecified atom stereocenters. The van der Waals surface area contributed by atoms with E-state index in [2.05, 4.69) is 5.32 Å². The Hall–Kier alpha value is -1.63. The Labute approximate surface area is 148 Å². The molecule has 0 radical (unpaired) electrons. The molecule has 1 aromatic rings. The van der Waals surface area contributed by atoms with Crippen LogP contribution in [0.3, 0.4) is 0 Å². The van der Waals surface area contributed by atoms with Crippen LogP contribution in [0.4, 0.5) is 5.69 Å². The van der Waals surface area contributed by atoms with Crippen LogP contribution in [0.15, 0.2) is 24.3 Å². The Morgan fingerprint density at radius 2 is 1.79 bits per heavy atom. The van der Waals surface area contributed by atoms with Crippen molar-refractivity contribution >= 4 is 29.9 Å². The van der Waals surface area contributed by atoms with Crippen LogP contribution < -0.4 is 11.1 Å². The van der Waals surface area contributed by atoms with Gasteiger partial charge < -0.3 is 20.7 Å². The first-order valence-electron chi connectivity index (χ1n) is 8.17. The van der Waals surface area contributed by atoms with Crippen LogP contribution in [0, 0.1) is 5.92 Å². The summed E-state index contributed by atoms with van der Waals surface area (Å²) in [4.78, 5) is 26.3. The minimum absolute atomic E-state index is 0. The molecule has 1 heterocycles. The van der Waals surface area contributed by atoms with E-state index in [0.29, 0.717) is 37.6 Å². The maximum absolute atomic E-state index is 12.3. The van der Waals surface area contributed by atoms with Crippen LogP contribution in [-0.4, -0.2) is 49.1 Å². The lowest BCUT2D eigenvalue weighted by molar-refractivity contribution is -0.119. The molecule has 2 fully saturated rings. The number of halogens is 1. The number of carbonyl (C=O) groups excluding carboxylic acids is 2. The summed E-state index contributed by atoms with van der Waals surface area (Å²) in [5.41, 5.74) is 7.20. The monoisotopic (exact) mass is 353 g/mol. The maximum Gasteiger partial charge on any atom is 0.254 e. The van der Waals surface area contributed by atoms with E-state index in [0.717, 1.165) is 19.3 Å². The van der Waals surface area contributed by atoms with Crippen LogP contribution in [0.2, 0.25) is 0 Å². The number of ether oxygens (including phenoxy) is 1. The third-order valence-electron chi connectivity index (χ3n) is 4.54. The van der Waals surface area contributed by atoms with Gasteiger partial charge in [-0.15, -0.1) is 12.4 Å². The summed E-state index contributed by atoms with van der Waals surface area (Å²) in [7, 11) is 0. The summed E-state index contributed by atoms with van der Waals surface area (Å²) in [6.07, 6.45) is 2.51. The average molecular weight is 354 g/mol. The standard InChI is InChI=1S/C17H23N3O3.ClH/c18-14-4-1-13(11-14)16(21)19-15-5-2-12(3-6-15)17(22)20-7-9-23-10-8-20;/h2-3,5-6,13-14H,1,4,7-11,18H2,(H,19,21);1H. The molecule has 0 spiro atoms. The number of rotatable bonds is 3. The molecular weight excluding hydrogens is 330 g/mol. The zero-order chi connectivity index (χ0) is 16.2. The Bertz CT molecular complexity index is 573. The Morgan fingerprint density at radius 3 is 2.38 bits per heavy atom. The second-order valence-electron chi connectivity index (χ2n) is 6.24. The summed E-state index contributed by atoms with van der Waals surface area (Å²) in [5.74, 6) is 0.0257. The van der Waals surface area contributed by atoms with Gasteiger partial charge in [0.1, 0.15) is 0 Å². The van der Waals surface area contributed by atoms with E-state index in [1.807, 2.05) is 0 Å². The predicted molar refractivity (Wildman–Crippen MR) is 94.4 cm³/mol. The molecule has 24 heavy (non-hydrogen) atoms. The largest absolute Gasteiger partial charge is 0.378 e. The number of benzene rings is 1. The lowest BCUT2D eigenvalue weighted by Gasteiger charge is -2.26. The van der Waals surface area contributed by atoms with Gasteiger partial charge in [-0.1, -0.05) is 0 Å². The van der Waals surface area contributed by atoms with Crippen molar-refractivity contribution < 1.29 is 14.3 Å². The van der Waals surface area contributed by atoms with Crippen molar-refractivity contribution in [2.45, 2.75) is 25.3 Å². The van der Waals surface area contributed by atoms with Gasteiger partial charge in [0.25, 0.3) is 5.91 Å². The van der Waals surface area contributed by atoms with Gasteiger partial charge in [-0.2, -0.15) is 0 Å². The topological polar surface area (TPSA) is 84.7 Å². The number of hydrogen-bond acceptors (Lipinski definition) is 4. The lowest BCUT2D eigenvalue weighted by atomic mass is 10.1. The van der Waals surface area contributed by atoms with Crippen LogP contribution in [0.25, 0.3) is 0 Å². The molecule has 2 atom stereocenters. The summed E-state index contributed by atoms with van der Waals surface area (Å²) < 4.78 is 5.25. The number of hydrogen-bond donors (Lipinski definition) is 2. The minimum atomic E-state index is -0.000316. The van der Waals surface area contributed by atoms with Crippen molar-refractivity contribution in [1.82, 2.24) is 4.90 Å². The van der Waals surface area contributed by atoms with Crippen molar-refractivity contribution in [1.29, 1.82) is 0 Å². The van der Waals surface area contributed by atoms with Gasteiger partial charge in [0.2, 0.25) is 5.91 Å². The number of nitrogens with one attached hydrogen (secondary N) is 1. The van der Waals surface area contributed by atoms with Gasteiger partial charge in [-0.25, -0.2) is 0 Å². The molecule has 1 saturated carbocycles. The first kappa shape index (κ1) is 18.7. The van der Waals surface area contributed by atoms with Crippen LogP contribution in [-0.2, 0) is 9.53 Å². The van der Waals surface area contributed by atoms with Gasteiger partial charge in [0.15, 0.2) is 0 Å². The molecule has 1 saturated heterocycles. The molecule has 132 valence electrons. The maximum atomic E-state index is 12.3. The first-order valence-corrected chi connectivity index (χ1v) is 8.17. The molecule has 1 aromatic carbocycles. The van der Waals surface area contributed by atoms with Gasteiger partial charge in [0.05, 0.1) is 13.2 Å². The van der Waals surface area contributed by atoms with Crippen molar-refractivity contribution in [2.24, 2.45) is 11.7 Å². The van der Waals surface area contributed by atoms with Gasteiger partial charge in [-0.05, 0) is 43.5 Å². The zero-order valence-corrected chi connectivity index (χ0v) is 14.4. The second-order valence-corrected chi connectivity index (χ2v) is 6.24. The highest BCUT2D eigenvalue weighted by Gasteiger charge is 2.27. The molecule has 2 amide bonds. The summed E-state index contributed by atoms with van der Waals surface area (Å²) in [6, 6.07) is 7.21. The number of morpholine rings is 1. The fraction of sp³-hybridized carbons (Fsp3) is 0.529. The molecule has 2 aliphatic rings. The molecule has 0 aromatic heterocycles. The molecule has 6 nitrogen and oxygen atoms in total. The van der Waals surface area contributed by atoms with E-state index in [1.165, 1.54) is 0 Å². The Balaban J connectivity index is 0.00000208. The van der Waals surface area contributed by atoms with E-state index < -0.39 is 0 Å². The third kappa shape index (κ3) is 4.47.